The van der Waals surface area contributed by atoms with Crippen LogP contribution in [0.15, 0.2) is 30.3 Å². The van der Waals surface area contributed by atoms with Gasteiger partial charge in [-0.15, -0.1) is 0 Å². The molecule has 1 aromatic rings. The Morgan fingerprint density at radius 2 is 1.86 bits per heavy atom. The van der Waals surface area contributed by atoms with Crippen molar-refractivity contribution in [2.75, 3.05) is 13.1 Å². The summed E-state index contributed by atoms with van der Waals surface area (Å²) in [6.45, 7) is 2.81. The summed E-state index contributed by atoms with van der Waals surface area (Å²) in [4.78, 5) is 25.5. The average Bonchev–Trinajstić information content (AvgIpc) is 2.54. The lowest BCUT2D eigenvalue weighted by atomic mass is 9.76. The maximum absolute atomic E-state index is 12.4. The van der Waals surface area contributed by atoms with Crippen molar-refractivity contribution in [1.82, 2.24) is 4.90 Å². The van der Waals surface area contributed by atoms with E-state index in [1.54, 1.807) is 4.90 Å². The molecule has 1 aliphatic rings. The largest absolute Gasteiger partial charge is 0.481 e. The van der Waals surface area contributed by atoms with Crippen molar-refractivity contribution < 1.29 is 14.7 Å². The van der Waals surface area contributed by atoms with Crippen molar-refractivity contribution >= 4 is 11.9 Å². The normalized spacial score (nSPS) is 19.0. The highest BCUT2D eigenvalue weighted by molar-refractivity contribution is 5.83. The molecule has 0 aliphatic carbocycles. The zero-order valence-corrected chi connectivity index (χ0v) is 12.3. The average molecular weight is 290 g/mol. The maximum atomic E-state index is 12.4. The van der Waals surface area contributed by atoms with Crippen molar-refractivity contribution in [1.29, 1.82) is 0 Å². The van der Waals surface area contributed by atoms with Gasteiger partial charge in [0.1, 0.15) is 6.04 Å². The number of nitrogens with zero attached hydrogens (tertiary/aromatic N) is 1. The minimum Gasteiger partial charge on any atom is -0.481 e. The minimum absolute atomic E-state index is 0.128. The van der Waals surface area contributed by atoms with E-state index < -0.39 is 17.4 Å². The van der Waals surface area contributed by atoms with Crippen molar-refractivity contribution in [2.24, 2.45) is 11.1 Å². The molecule has 1 aliphatic heterocycles. The number of hydrogen-bond acceptors (Lipinski definition) is 3. The predicted octanol–water partition coefficient (Wildman–Crippen LogP) is 1.79. The first-order chi connectivity index (χ1) is 10.00. The van der Waals surface area contributed by atoms with Crippen LogP contribution in [-0.4, -0.2) is 35.0 Å². The molecule has 1 saturated heterocycles. The fourth-order valence-corrected chi connectivity index (χ4v) is 2.87. The summed E-state index contributed by atoms with van der Waals surface area (Å²) in [7, 11) is 0. The molecule has 1 aromatic carbocycles. The summed E-state index contributed by atoms with van der Waals surface area (Å²) >= 11 is 0. The smallest absolute Gasteiger partial charge is 0.309 e. The second-order valence-electron chi connectivity index (χ2n) is 5.65. The molecule has 1 amide bonds. The Morgan fingerprint density at radius 3 is 2.33 bits per heavy atom. The lowest BCUT2D eigenvalue weighted by Gasteiger charge is -2.39. The lowest BCUT2D eigenvalue weighted by molar-refractivity contribution is -0.154. The molecule has 1 fully saturated rings. The third-order valence-corrected chi connectivity index (χ3v) is 4.59. The lowest BCUT2D eigenvalue weighted by Crippen LogP contribution is -2.48. The van der Waals surface area contributed by atoms with E-state index in [0.29, 0.717) is 32.4 Å². The van der Waals surface area contributed by atoms with Crippen LogP contribution in [0.25, 0.3) is 0 Å². The molecule has 3 N–H and O–H groups in total. The highest BCUT2D eigenvalue weighted by Gasteiger charge is 2.41. The molecule has 1 heterocycles. The van der Waals surface area contributed by atoms with Gasteiger partial charge in [0.25, 0.3) is 0 Å². The zero-order valence-electron chi connectivity index (χ0n) is 12.3. The Labute approximate surface area is 124 Å². The van der Waals surface area contributed by atoms with E-state index in [0.717, 1.165) is 5.56 Å². The van der Waals surface area contributed by atoms with Gasteiger partial charge >= 0.3 is 5.97 Å². The monoisotopic (exact) mass is 290 g/mol. The fraction of sp³-hybridized carbons (Fsp3) is 0.500. The first-order valence-electron chi connectivity index (χ1n) is 7.33. The summed E-state index contributed by atoms with van der Waals surface area (Å²) in [6.07, 6.45) is 1.58. The molecule has 2 rings (SSSR count). The van der Waals surface area contributed by atoms with Crippen LogP contribution in [0.1, 0.15) is 37.8 Å². The number of carboxylic acid groups (broad SMARTS) is 1. The summed E-state index contributed by atoms with van der Waals surface area (Å²) in [5.41, 5.74) is 6.12. The molecule has 21 heavy (non-hydrogen) atoms. The molecule has 0 radical (unpaired) electrons. The first-order valence-corrected chi connectivity index (χ1v) is 7.33. The van der Waals surface area contributed by atoms with Gasteiger partial charge in [-0.25, -0.2) is 0 Å². The molecular formula is C16H22N2O3. The molecule has 0 bridgehead atoms. The van der Waals surface area contributed by atoms with Crippen LogP contribution in [0.3, 0.4) is 0 Å². The number of likely N-dealkylation sites (tertiary alicyclic amines) is 1. The van der Waals surface area contributed by atoms with Crippen LogP contribution in [0.4, 0.5) is 0 Å². The molecular weight excluding hydrogens is 268 g/mol. The highest BCUT2D eigenvalue weighted by Crippen LogP contribution is 2.35. The second kappa shape index (κ2) is 6.26. The molecule has 0 saturated carbocycles. The molecule has 0 unspecified atom stereocenters. The van der Waals surface area contributed by atoms with E-state index in [-0.39, 0.29) is 5.91 Å². The molecule has 114 valence electrons. The van der Waals surface area contributed by atoms with Gasteiger partial charge in [0.05, 0.1) is 5.41 Å². The van der Waals surface area contributed by atoms with Gasteiger partial charge in [0, 0.05) is 13.1 Å². The number of carboxylic acids is 1. The third kappa shape index (κ3) is 3.08. The number of amides is 1. The predicted molar refractivity (Wildman–Crippen MR) is 79.5 cm³/mol. The number of benzene rings is 1. The minimum atomic E-state index is -0.760. The van der Waals surface area contributed by atoms with Gasteiger partial charge < -0.3 is 15.7 Å². The van der Waals surface area contributed by atoms with Crippen molar-refractivity contribution in [3.63, 3.8) is 0 Å². The van der Waals surface area contributed by atoms with E-state index in [9.17, 15) is 14.7 Å². The van der Waals surface area contributed by atoms with Gasteiger partial charge in [0.2, 0.25) is 5.91 Å². The second-order valence-corrected chi connectivity index (χ2v) is 5.65. The summed E-state index contributed by atoms with van der Waals surface area (Å²) in [5.74, 6) is -0.888. The van der Waals surface area contributed by atoms with Crippen molar-refractivity contribution in [3.8, 4) is 0 Å². The van der Waals surface area contributed by atoms with Crippen LogP contribution in [0, 0.1) is 5.41 Å². The SMILES string of the molecule is CCC1(C(=O)O)CCN(C(=O)[C@H](N)c2ccccc2)CC1. The van der Waals surface area contributed by atoms with Crippen molar-refractivity contribution in [3.05, 3.63) is 35.9 Å². The van der Waals surface area contributed by atoms with E-state index in [4.69, 9.17) is 5.73 Å². The van der Waals surface area contributed by atoms with Gasteiger partial charge in [-0.2, -0.15) is 0 Å². The van der Waals surface area contributed by atoms with Crippen LogP contribution in [-0.2, 0) is 9.59 Å². The number of nitrogens with two attached hydrogens (primary N) is 1. The van der Waals surface area contributed by atoms with Crippen LogP contribution < -0.4 is 5.73 Å². The summed E-state index contributed by atoms with van der Waals surface area (Å²) in [6, 6.07) is 8.57. The Kier molecular flexibility index (Phi) is 4.63. The Balaban J connectivity index is 2.02. The van der Waals surface area contributed by atoms with Crippen LogP contribution in [0.2, 0.25) is 0 Å². The van der Waals surface area contributed by atoms with E-state index in [2.05, 4.69) is 0 Å². The molecule has 1 atom stereocenters. The van der Waals surface area contributed by atoms with Crippen LogP contribution in [0.5, 0.6) is 0 Å². The highest BCUT2D eigenvalue weighted by atomic mass is 16.4. The third-order valence-electron chi connectivity index (χ3n) is 4.59. The summed E-state index contributed by atoms with van der Waals surface area (Å²) < 4.78 is 0. The number of carbonyl (C=O) groups is 2. The Bertz CT molecular complexity index is 508. The maximum Gasteiger partial charge on any atom is 0.309 e. The number of rotatable bonds is 4. The fourth-order valence-electron chi connectivity index (χ4n) is 2.87. The van der Waals surface area contributed by atoms with Crippen molar-refractivity contribution in [2.45, 2.75) is 32.2 Å². The molecule has 0 aromatic heterocycles. The number of carbonyl (C=O) groups excluding carboxylic acids is 1. The van der Waals surface area contributed by atoms with Gasteiger partial charge in [-0.05, 0) is 24.8 Å². The Hall–Kier alpha value is -1.88. The van der Waals surface area contributed by atoms with Crippen LogP contribution >= 0.6 is 0 Å². The standard InChI is InChI=1S/C16H22N2O3/c1-2-16(15(20)21)8-10-18(11-9-16)14(19)13(17)12-6-4-3-5-7-12/h3-7,13H,2,8-11,17H2,1H3,(H,20,21)/t13-/m1/s1. The Morgan fingerprint density at radius 1 is 1.29 bits per heavy atom. The quantitative estimate of drug-likeness (QED) is 0.885. The first kappa shape index (κ1) is 15.5. The number of piperidine rings is 1. The molecule has 5 nitrogen and oxygen atoms in total. The number of hydrogen-bond donors (Lipinski definition) is 2. The van der Waals surface area contributed by atoms with Gasteiger partial charge in [-0.3, -0.25) is 9.59 Å². The van der Waals surface area contributed by atoms with Gasteiger partial charge in [0.15, 0.2) is 0 Å². The summed E-state index contributed by atoms with van der Waals surface area (Å²) in [5, 5.41) is 9.37. The zero-order chi connectivity index (χ0) is 15.5. The molecule has 0 spiro atoms. The van der Waals surface area contributed by atoms with E-state index in [1.165, 1.54) is 0 Å². The molecule has 5 heteroatoms. The topological polar surface area (TPSA) is 83.6 Å². The number of aliphatic carboxylic acids is 1. The van der Waals surface area contributed by atoms with E-state index in [1.807, 2.05) is 37.3 Å². The van der Waals surface area contributed by atoms with E-state index >= 15 is 0 Å². The van der Waals surface area contributed by atoms with Gasteiger partial charge in [-0.1, -0.05) is 37.3 Å².